The topological polar surface area (TPSA) is 87.1 Å². The first-order chi connectivity index (χ1) is 16.0. The Morgan fingerprint density at radius 3 is 2.67 bits per heavy atom. The Morgan fingerprint density at radius 2 is 1.85 bits per heavy atom. The van der Waals surface area contributed by atoms with Crippen LogP contribution in [0.5, 0.6) is 0 Å². The van der Waals surface area contributed by atoms with Crippen molar-refractivity contribution in [2.24, 2.45) is 0 Å². The zero-order valence-corrected chi connectivity index (χ0v) is 18.1. The molecule has 166 valence electrons. The minimum atomic E-state index is -0.426. The number of likely N-dealkylation sites (N-methyl/N-ethyl adjacent to an activating group) is 1. The molecule has 0 radical (unpaired) electrons. The first-order valence-corrected chi connectivity index (χ1v) is 10.6. The third-order valence-electron chi connectivity index (χ3n) is 5.65. The monoisotopic (exact) mass is 443 g/mol. The Morgan fingerprint density at radius 1 is 1.00 bits per heavy atom. The molecule has 9 heteroatoms. The number of amides is 1. The fraction of sp³-hybridized carbons (Fsp3) is 0.208. The summed E-state index contributed by atoms with van der Waals surface area (Å²) < 4.78 is 13.5. The van der Waals surface area contributed by atoms with Gasteiger partial charge >= 0.3 is 0 Å². The summed E-state index contributed by atoms with van der Waals surface area (Å²) in [6.07, 6.45) is 6.00. The van der Waals surface area contributed by atoms with Gasteiger partial charge in [0.25, 0.3) is 5.91 Å². The number of aromatic nitrogens is 4. The predicted molar refractivity (Wildman–Crippen MR) is 125 cm³/mol. The summed E-state index contributed by atoms with van der Waals surface area (Å²) >= 11 is 0. The Kier molecular flexibility index (Phi) is 5.62. The van der Waals surface area contributed by atoms with Gasteiger partial charge in [-0.1, -0.05) is 0 Å². The van der Waals surface area contributed by atoms with E-state index in [0.717, 1.165) is 43.6 Å². The quantitative estimate of drug-likeness (QED) is 0.518. The standard InChI is InChI=1S/C24H22FN7O/c1-31-6-8-32(9-7-31)23-11-16(4-5-27-23)24(33)30-22-12-21-17(14-28-22)2-3-20(29-21)18-10-19(25)15-26-13-18/h2-5,10-15H,6-9H2,1H3,(H,28,30,33). The molecule has 1 aliphatic heterocycles. The molecule has 5 rings (SSSR count). The maximum Gasteiger partial charge on any atom is 0.257 e. The number of anilines is 2. The molecule has 4 aromatic rings. The van der Waals surface area contributed by atoms with Crippen LogP contribution in [-0.2, 0) is 0 Å². The number of nitrogens with zero attached hydrogens (tertiary/aromatic N) is 6. The van der Waals surface area contributed by atoms with E-state index in [4.69, 9.17) is 0 Å². The minimum absolute atomic E-state index is 0.273. The molecule has 1 fully saturated rings. The Hall–Kier alpha value is -3.98. The van der Waals surface area contributed by atoms with E-state index in [0.29, 0.717) is 28.2 Å². The molecular formula is C24H22FN7O. The number of carbonyl (C=O) groups is 1. The van der Waals surface area contributed by atoms with E-state index in [1.165, 1.54) is 6.07 Å². The third kappa shape index (κ3) is 4.63. The van der Waals surface area contributed by atoms with Crippen LogP contribution in [0.2, 0.25) is 0 Å². The molecule has 1 N–H and O–H groups in total. The summed E-state index contributed by atoms with van der Waals surface area (Å²) in [5, 5.41) is 3.65. The number of nitrogens with one attached hydrogen (secondary N) is 1. The minimum Gasteiger partial charge on any atom is -0.354 e. The number of rotatable bonds is 4. The number of halogens is 1. The van der Waals surface area contributed by atoms with Crippen molar-refractivity contribution >= 4 is 28.4 Å². The van der Waals surface area contributed by atoms with Crippen LogP contribution in [0, 0.1) is 5.82 Å². The molecule has 1 amide bonds. The highest BCUT2D eigenvalue weighted by Crippen LogP contribution is 2.22. The lowest BCUT2D eigenvalue weighted by Crippen LogP contribution is -2.44. The Bertz CT molecular complexity index is 1320. The number of fused-ring (bicyclic) bond motifs is 1. The summed E-state index contributed by atoms with van der Waals surface area (Å²) in [5.74, 6) is 0.472. The molecule has 0 saturated carbocycles. The number of piperazine rings is 1. The molecule has 1 aliphatic rings. The molecule has 0 atom stereocenters. The Labute approximate surface area is 190 Å². The maximum atomic E-state index is 13.5. The van der Waals surface area contributed by atoms with E-state index in [2.05, 4.69) is 42.1 Å². The van der Waals surface area contributed by atoms with Crippen molar-refractivity contribution in [3.05, 3.63) is 72.6 Å². The van der Waals surface area contributed by atoms with Crippen molar-refractivity contribution in [2.75, 3.05) is 43.4 Å². The molecule has 0 bridgehead atoms. The highest BCUT2D eigenvalue weighted by molar-refractivity contribution is 6.04. The normalized spacial score (nSPS) is 14.4. The van der Waals surface area contributed by atoms with E-state index >= 15 is 0 Å². The first kappa shape index (κ1) is 20.9. The molecule has 0 unspecified atom stereocenters. The number of hydrogen-bond donors (Lipinski definition) is 1. The molecule has 4 aromatic heterocycles. The highest BCUT2D eigenvalue weighted by atomic mass is 19.1. The van der Waals surface area contributed by atoms with E-state index in [1.54, 1.807) is 42.9 Å². The van der Waals surface area contributed by atoms with Crippen LogP contribution in [0.3, 0.4) is 0 Å². The number of pyridine rings is 4. The molecule has 5 heterocycles. The van der Waals surface area contributed by atoms with Crippen LogP contribution in [0.25, 0.3) is 22.2 Å². The van der Waals surface area contributed by atoms with Crippen LogP contribution in [-0.4, -0.2) is 64.0 Å². The second-order valence-corrected chi connectivity index (χ2v) is 8.00. The zero-order chi connectivity index (χ0) is 22.8. The molecular weight excluding hydrogens is 421 g/mol. The van der Waals surface area contributed by atoms with Gasteiger partial charge in [-0.05, 0) is 37.4 Å². The Balaban J connectivity index is 1.36. The number of carbonyl (C=O) groups excluding carboxylic acids is 1. The van der Waals surface area contributed by atoms with Crippen molar-refractivity contribution < 1.29 is 9.18 Å². The van der Waals surface area contributed by atoms with Gasteiger partial charge in [0.1, 0.15) is 17.5 Å². The zero-order valence-electron chi connectivity index (χ0n) is 18.1. The largest absolute Gasteiger partial charge is 0.354 e. The summed E-state index contributed by atoms with van der Waals surface area (Å²) in [4.78, 5) is 34.6. The van der Waals surface area contributed by atoms with Crippen molar-refractivity contribution in [3.8, 4) is 11.3 Å². The van der Waals surface area contributed by atoms with Gasteiger partial charge in [-0.25, -0.2) is 19.3 Å². The van der Waals surface area contributed by atoms with Gasteiger partial charge in [-0.3, -0.25) is 9.78 Å². The van der Waals surface area contributed by atoms with Gasteiger partial charge in [0.15, 0.2) is 0 Å². The molecule has 0 spiro atoms. The van der Waals surface area contributed by atoms with Crippen LogP contribution in [0.15, 0.2) is 61.2 Å². The summed E-state index contributed by atoms with van der Waals surface area (Å²) in [6, 6.07) is 10.2. The summed E-state index contributed by atoms with van der Waals surface area (Å²) in [5.41, 5.74) is 2.31. The second kappa shape index (κ2) is 8.87. The van der Waals surface area contributed by atoms with Crippen LogP contribution < -0.4 is 10.2 Å². The van der Waals surface area contributed by atoms with Crippen molar-refractivity contribution in [2.45, 2.75) is 0 Å². The van der Waals surface area contributed by atoms with Gasteiger partial charge < -0.3 is 15.1 Å². The lowest BCUT2D eigenvalue weighted by Gasteiger charge is -2.33. The van der Waals surface area contributed by atoms with Gasteiger partial charge in [-0.15, -0.1) is 0 Å². The van der Waals surface area contributed by atoms with Crippen molar-refractivity contribution in [1.82, 2.24) is 24.8 Å². The van der Waals surface area contributed by atoms with Crippen LogP contribution in [0.4, 0.5) is 16.0 Å². The average molecular weight is 443 g/mol. The maximum absolute atomic E-state index is 13.5. The number of hydrogen-bond acceptors (Lipinski definition) is 7. The van der Waals surface area contributed by atoms with Gasteiger partial charge in [0.05, 0.1) is 17.4 Å². The van der Waals surface area contributed by atoms with Gasteiger partial charge in [0, 0.05) is 67.3 Å². The third-order valence-corrected chi connectivity index (χ3v) is 5.65. The van der Waals surface area contributed by atoms with E-state index < -0.39 is 5.82 Å². The van der Waals surface area contributed by atoms with Crippen LogP contribution >= 0.6 is 0 Å². The summed E-state index contributed by atoms with van der Waals surface area (Å²) in [7, 11) is 2.10. The molecule has 0 aliphatic carbocycles. The van der Waals surface area contributed by atoms with Crippen molar-refractivity contribution in [1.29, 1.82) is 0 Å². The second-order valence-electron chi connectivity index (χ2n) is 8.00. The van der Waals surface area contributed by atoms with Gasteiger partial charge in [0.2, 0.25) is 0 Å². The SMILES string of the molecule is CN1CCN(c2cc(C(=O)Nc3cc4nc(-c5cncc(F)c5)ccc4cn3)ccn2)CC1. The van der Waals surface area contributed by atoms with Gasteiger partial charge in [-0.2, -0.15) is 0 Å². The average Bonchev–Trinajstić information content (AvgIpc) is 2.84. The molecule has 33 heavy (non-hydrogen) atoms. The lowest BCUT2D eigenvalue weighted by molar-refractivity contribution is 0.102. The molecule has 0 aromatic carbocycles. The van der Waals surface area contributed by atoms with E-state index in [1.807, 2.05) is 6.07 Å². The van der Waals surface area contributed by atoms with E-state index in [-0.39, 0.29) is 5.91 Å². The van der Waals surface area contributed by atoms with E-state index in [9.17, 15) is 9.18 Å². The predicted octanol–water partition coefficient (Wildman–Crippen LogP) is 3.23. The van der Waals surface area contributed by atoms with Crippen molar-refractivity contribution in [3.63, 3.8) is 0 Å². The fourth-order valence-corrected chi connectivity index (χ4v) is 3.75. The summed E-state index contributed by atoms with van der Waals surface area (Å²) in [6.45, 7) is 3.66. The molecule has 1 saturated heterocycles. The smallest absolute Gasteiger partial charge is 0.257 e. The molecule has 8 nitrogen and oxygen atoms in total. The highest BCUT2D eigenvalue weighted by Gasteiger charge is 2.17. The van der Waals surface area contributed by atoms with Crippen LogP contribution in [0.1, 0.15) is 10.4 Å². The lowest BCUT2D eigenvalue weighted by atomic mass is 10.1. The fourth-order valence-electron chi connectivity index (χ4n) is 3.75. The first-order valence-electron chi connectivity index (χ1n) is 10.6.